The van der Waals surface area contributed by atoms with E-state index in [0.29, 0.717) is 15.1 Å². The molecule has 2 heterocycles. The number of amidine groups is 1. The lowest BCUT2D eigenvalue weighted by atomic mass is 10.1. The molecule has 1 saturated heterocycles. The van der Waals surface area contributed by atoms with E-state index in [4.69, 9.17) is 29.8 Å². The number of hydrogen-bond donors (Lipinski definition) is 3. The van der Waals surface area contributed by atoms with Crippen molar-refractivity contribution in [2.24, 2.45) is 0 Å². The predicted molar refractivity (Wildman–Crippen MR) is 79.2 cm³/mol. The zero-order valence-corrected chi connectivity index (χ0v) is 11.0. The Kier molecular flexibility index (Phi) is 2.50. The van der Waals surface area contributed by atoms with Crippen LogP contribution < -0.4 is 10.6 Å². The van der Waals surface area contributed by atoms with Gasteiger partial charge in [0, 0.05) is 11.1 Å². The van der Waals surface area contributed by atoms with Crippen LogP contribution in [0.5, 0.6) is 0 Å². The van der Waals surface area contributed by atoms with Crippen LogP contribution in [0.2, 0.25) is 0 Å². The summed E-state index contributed by atoms with van der Waals surface area (Å²) in [6, 6.07) is 7.78. The summed E-state index contributed by atoms with van der Waals surface area (Å²) in [6.45, 7) is 0. The highest BCUT2D eigenvalue weighted by Crippen LogP contribution is 2.35. The molecule has 1 aromatic rings. The van der Waals surface area contributed by atoms with E-state index in [2.05, 4.69) is 10.6 Å². The van der Waals surface area contributed by atoms with Crippen molar-refractivity contribution in [1.29, 1.82) is 5.41 Å². The summed E-state index contributed by atoms with van der Waals surface area (Å²) in [5.74, 6) is 0.407. The van der Waals surface area contributed by atoms with Crippen molar-refractivity contribution in [3.8, 4) is 0 Å². The maximum absolute atomic E-state index is 7.89. The average molecular weight is 277 g/mol. The fourth-order valence-electron chi connectivity index (χ4n) is 1.84. The van der Waals surface area contributed by atoms with Gasteiger partial charge in [-0.1, -0.05) is 60.5 Å². The van der Waals surface area contributed by atoms with Gasteiger partial charge in [0.25, 0.3) is 0 Å². The van der Waals surface area contributed by atoms with Crippen molar-refractivity contribution in [2.75, 3.05) is 0 Å². The third-order valence-electron chi connectivity index (χ3n) is 2.56. The van der Waals surface area contributed by atoms with Crippen LogP contribution in [0.15, 0.2) is 29.2 Å². The minimum atomic E-state index is 0.407. The molecule has 0 saturated carbocycles. The molecule has 2 aliphatic heterocycles. The summed E-state index contributed by atoms with van der Waals surface area (Å²) in [5, 5.41) is 13.9. The van der Waals surface area contributed by atoms with Gasteiger partial charge in [-0.15, -0.1) is 0 Å². The normalized spacial score (nSPS) is 22.5. The van der Waals surface area contributed by atoms with E-state index in [9.17, 15) is 0 Å². The van der Waals surface area contributed by atoms with Gasteiger partial charge in [0.1, 0.15) is 15.1 Å². The molecular weight excluding hydrogens is 270 g/mol. The van der Waals surface area contributed by atoms with E-state index in [1.54, 1.807) is 0 Å². The maximum Gasteiger partial charge on any atom is 0.143 e. The van der Waals surface area contributed by atoms with E-state index in [1.807, 2.05) is 24.3 Å². The first-order chi connectivity index (χ1) is 8.16. The van der Waals surface area contributed by atoms with Crippen LogP contribution in [-0.2, 0) is 0 Å². The number of rotatable bonds is 0. The van der Waals surface area contributed by atoms with Crippen LogP contribution in [0, 0.1) is 5.41 Å². The molecule has 3 rings (SSSR count). The van der Waals surface area contributed by atoms with Crippen LogP contribution in [0.25, 0.3) is 5.70 Å². The van der Waals surface area contributed by atoms with E-state index in [-0.39, 0.29) is 0 Å². The Balaban J connectivity index is 2.19. The minimum absolute atomic E-state index is 0.407. The fourth-order valence-corrected chi connectivity index (χ4v) is 3.39. The molecule has 0 aromatic heterocycles. The van der Waals surface area contributed by atoms with Crippen molar-refractivity contribution >= 4 is 57.0 Å². The zero-order valence-electron chi connectivity index (χ0n) is 8.53. The van der Waals surface area contributed by atoms with Gasteiger partial charge >= 0.3 is 0 Å². The topological polar surface area (TPSA) is 47.9 Å². The lowest BCUT2D eigenvalue weighted by molar-refractivity contribution is 1.30. The first kappa shape index (κ1) is 10.9. The second kappa shape index (κ2) is 3.90. The number of hydrogen-bond acceptors (Lipinski definition) is 4. The highest BCUT2D eigenvalue weighted by Gasteiger charge is 2.29. The number of thiocarbonyl (C=S) groups is 2. The van der Waals surface area contributed by atoms with Crippen LogP contribution >= 0.6 is 36.2 Å². The molecule has 0 radical (unpaired) electrons. The summed E-state index contributed by atoms with van der Waals surface area (Å²) in [7, 11) is 0. The monoisotopic (exact) mass is 277 g/mol. The molecule has 84 valence electrons. The Morgan fingerprint density at radius 1 is 1.06 bits per heavy atom. The third kappa shape index (κ3) is 1.69. The third-order valence-corrected chi connectivity index (χ3v) is 4.25. The molecule has 0 atom stereocenters. The number of benzene rings is 1. The zero-order chi connectivity index (χ0) is 12.0. The number of thioether (sulfide) groups is 1. The van der Waals surface area contributed by atoms with Gasteiger partial charge in [0.05, 0.1) is 10.6 Å². The molecule has 0 spiro atoms. The molecule has 3 nitrogen and oxygen atoms in total. The van der Waals surface area contributed by atoms with Gasteiger partial charge in [-0.05, 0) is 0 Å². The second-order valence-corrected chi connectivity index (χ2v) is 5.69. The van der Waals surface area contributed by atoms with Crippen molar-refractivity contribution in [1.82, 2.24) is 10.6 Å². The number of nitrogens with one attached hydrogen (secondary N) is 3. The van der Waals surface area contributed by atoms with Crippen molar-refractivity contribution in [2.45, 2.75) is 0 Å². The van der Waals surface area contributed by atoms with Crippen LogP contribution in [0.4, 0.5) is 0 Å². The van der Waals surface area contributed by atoms with Crippen molar-refractivity contribution in [3.05, 3.63) is 40.3 Å². The Labute approximate surface area is 113 Å². The van der Waals surface area contributed by atoms with E-state index in [1.165, 1.54) is 11.8 Å². The van der Waals surface area contributed by atoms with Gasteiger partial charge in [0.15, 0.2) is 0 Å². The van der Waals surface area contributed by atoms with E-state index in [0.717, 1.165) is 21.7 Å². The van der Waals surface area contributed by atoms with Crippen molar-refractivity contribution < 1.29 is 0 Å². The average Bonchev–Trinajstić information content (AvgIpc) is 2.80. The standard InChI is InChI=1S/C11H7N3S3/c12-9-6-4-2-1-3-5(6)7(13-9)8-10(15)14-11(16)17-8/h1-4H,(H2,12,13)(H,14,15,16)/b8-7+. The Hall–Kier alpha value is -1.24. The van der Waals surface area contributed by atoms with Gasteiger partial charge in [-0.3, -0.25) is 5.41 Å². The van der Waals surface area contributed by atoms with E-state index >= 15 is 0 Å². The lowest BCUT2D eigenvalue weighted by Crippen LogP contribution is -2.18. The van der Waals surface area contributed by atoms with Crippen LogP contribution in [0.3, 0.4) is 0 Å². The van der Waals surface area contributed by atoms with E-state index < -0.39 is 0 Å². The highest BCUT2D eigenvalue weighted by atomic mass is 32.2. The Morgan fingerprint density at radius 2 is 1.76 bits per heavy atom. The van der Waals surface area contributed by atoms with Gasteiger partial charge < -0.3 is 10.6 Å². The largest absolute Gasteiger partial charge is 0.339 e. The minimum Gasteiger partial charge on any atom is -0.339 e. The molecule has 6 heteroatoms. The second-order valence-electron chi connectivity index (χ2n) is 3.59. The van der Waals surface area contributed by atoms with Gasteiger partial charge in [-0.2, -0.15) is 0 Å². The first-order valence-electron chi connectivity index (χ1n) is 4.89. The SMILES string of the molecule is N=C1N/C(=C2/SC(=S)NC2=S)c2ccccc21. The quantitative estimate of drug-likeness (QED) is 0.501. The summed E-state index contributed by atoms with van der Waals surface area (Å²) < 4.78 is 0.662. The molecule has 0 aliphatic carbocycles. The molecule has 17 heavy (non-hydrogen) atoms. The summed E-state index contributed by atoms with van der Waals surface area (Å²) >= 11 is 11.8. The van der Waals surface area contributed by atoms with Crippen LogP contribution in [-0.4, -0.2) is 15.1 Å². The summed E-state index contributed by atoms with van der Waals surface area (Å²) in [4.78, 5) is 1.53. The summed E-state index contributed by atoms with van der Waals surface area (Å²) in [5.41, 5.74) is 2.79. The van der Waals surface area contributed by atoms with Crippen LogP contribution in [0.1, 0.15) is 11.1 Å². The maximum atomic E-state index is 7.89. The smallest absolute Gasteiger partial charge is 0.143 e. The Morgan fingerprint density at radius 3 is 2.41 bits per heavy atom. The molecular formula is C11H7N3S3. The van der Waals surface area contributed by atoms with Gasteiger partial charge in [-0.25, -0.2) is 0 Å². The molecule has 1 fully saturated rings. The molecule has 1 aromatic carbocycles. The fraction of sp³-hybridized carbons (Fsp3) is 0. The first-order valence-corrected chi connectivity index (χ1v) is 6.53. The lowest BCUT2D eigenvalue weighted by Gasteiger charge is -2.03. The Bertz CT molecular complexity index is 604. The molecule has 0 bridgehead atoms. The highest BCUT2D eigenvalue weighted by molar-refractivity contribution is 8.27. The van der Waals surface area contributed by atoms with Crippen molar-refractivity contribution in [3.63, 3.8) is 0 Å². The van der Waals surface area contributed by atoms with Gasteiger partial charge in [0.2, 0.25) is 0 Å². The molecule has 0 amide bonds. The molecule has 2 aliphatic rings. The number of fused-ring (bicyclic) bond motifs is 1. The molecule has 3 N–H and O–H groups in total. The predicted octanol–water partition coefficient (Wildman–Crippen LogP) is 2.23. The summed E-state index contributed by atoms with van der Waals surface area (Å²) in [6.07, 6.45) is 0. The molecule has 0 unspecified atom stereocenters.